The normalized spacial score (nSPS) is 23.3. The molecule has 2 amide bonds. The highest BCUT2D eigenvalue weighted by Crippen LogP contribution is 2.24. The van der Waals surface area contributed by atoms with Crippen molar-refractivity contribution in [3.05, 3.63) is 0 Å². The second-order valence-corrected chi connectivity index (χ2v) is 6.21. The number of β-lactam (4-membered cyclic amide) rings is 1. The van der Waals surface area contributed by atoms with Gasteiger partial charge in [-0.3, -0.25) is 10.2 Å². The molecule has 9 heteroatoms. The monoisotopic (exact) mass is 293 g/mol. The van der Waals surface area contributed by atoms with Crippen molar-refractivity contribution in [3.63, 3.8) is 0 Å². The van der Waals surface area contributed by atoms with Crippen molar-refractivity contribution in [2.45, 2.75) is 31.1 Å². The number of rotatable bonds is 6. The third kappa shape index (κ3) is 3.88. The minimum absolute atomic E-state index is 0.0431. The maximum Gasteiger partial charge on any atom is 0.421 e. The van der Waals surface area contributed by atoms with E-state index in [2.05, 4.69) is 10.9 Å². The van der Waals surface area contributed by atoms with Crippen LogP contribution in [-0.4, -0.2) is 56.7 Å². The summed E-state index contributed by atoms with van der Waals surface area (Å²) in [6.45, 7) is 3.16. The number of hydrazine groups is 1. The first kappa shape index (κ1) is 15.9. The van der Waals surface area contributed by atoms with E-state index in [1.807, 2.05) is 6.92 Å². The van der Waals surface area contributed by atoms with Gasteiger partial charge in [0.05, 0.1) is 0 Å². The van der Waals surface area contributed by atoms with E-state index in [-0.39, 0.29) is 25.1 Å². The van der Waals surface area contributed by atoms with E-state index in [0.29, 0.717) is 6.42 Å². The van der Waals surface area contributed by atoms with Crippen LogP contribution in [0.4, 0.5) is 4.79 Å². The van der Waals surface area contributed by atoms with Crippen molar-refractivity contribution in [3.8, 4) is 0 Å². The largest absolute Gasteiger partial charge is 0.447 e. The van der Waals surface area contributed by atoms with Crippen molar-refractivity contribution >= 4 is 23.1 Å². The topological polar surface area (TPSA) is 108 Å². The van der Waals surface area contributed by atoms with Gasteiger partial charge in [0, 0.05) is 26.1 Å². The number of hydrogen-bond acceptors (Lipinski definition) is 5. The Morgan fingerprint density at radius 2 is 2.32 bits per heavy atom. The summed E-state index contributed by atoms with van der Waals surface area (Å²) in [6, 6.07) is 0.0431. The summed E-state index contributed by atoms with van der Waals surface area (Å²) < 4.78 is 24.4. The lowest BCUT2D eigenvalue weighted by atomic mass is 10.0. The standard InChI is InChI=1S/C10H19N3O5S/c1-7-4-8(14)13(7)5-10(2,19(16)17)6-18-9(15)12-11-3/h7,11H,4-6H2,1-3H3,(H,12,15)(H,16,17)/t7-,10-/m1/s1. The van der Waals surface area contributed by atoms with Crippen LogP contribution in [0.2, 0.25) is 0 Å². The number of carbonyl (C=O) groups excluding carboxylic acids is 2. The molecule has 3 N–H and O–H groups in total. The minimum atomic E-state index is -2.23. The van der Waals surface area contributed by atoms with Crippen LogP contribution in [0.25, 0.3) is 0 Å². The number of ether oxygens (including phenoxy) is 1. The van der Waals surface area contributed by atoms with E-state index in [1.165, 1.54) is 18.9 Å². The van der Waals surface area contributed by atoms with Crippen LogP contribution in [0.5, 0.6) is 0 Å². The smallest absolute Gasteiger partial charge is 0.421 e. The SMILES string of the molecule is CNNC(=O)OC[C@@](C)(CN1C(=O)C[C@H]1C)S(=O)O. The number of likely N-dealkylation sites (tertiary alicyclic amines) is 1. The lowest BCUT2D eigenvalue weighted by Crippen LogP contribution is -2.58. The molecule has 1 unspecified atom stereocenters. The summed E-state index contributed by atoms with van der Waals surface area (Å²) >= 11 is -2.23. The zero-order valence-electron chi connectivity index (χ0n) is 11.1. The maximum absolute atomic E-state index is 11.4. The predicted molar refractivity (Wildman–Crippen MR) is 68.5 cm³/mol. The summed E-state index contributed by atoms with van der Waals surface area (Å²) in [6.07, 6.45) is -0.308. The van der Waals surface area contributed by atoms with Gasteiger partial charge in [-0.25, -0.2) is 14.4 Å². The van der Waals surface area contributed by atoms with Crippen LogP contribution in [-0.2, 0) is 20.6 Å². The Bertz CT molecular complexity index is 391. The third-order valence-corrected chi connectivity index (χ3v) is 4.07. The number of amides is 2. The van der Waals surface area contributed by atoms with Crippen LogP contribution >= 0.6 is 0 Å². The third-order valence-electron chi connectivity index (χ3n) is 2.98. The van der Waals surface area contributed by atoms with Crippen molar-refractivity contribution in [1.82, 2.24) is 15.8 Å². The fourth-order valence-electron chi connectivity index (χ4n) is 1.73. The van der Waals surface area contributed by atoms with Gasteiger partial charge in [-0.2, -0.15) is 0 Å². The Kier molecular flexibility index (Phi) is 5.27. The highest BCUT2D eigenvalue weighted by atomic mass is 32.2. The minimum Gasteiger partial charge on any atom is -0.447 e. The van der Waals surface area contributed by atoms with Crippen LogP contribution in [0.1, 0.15) is 20.3 Å². The molecule has 0 aromatic carbocycles. The predicted octanol–water partition coefficient (Wildman–Crippen LogP) is -0.552. The van der Waals surface area contributed by atoms with Gasteiger partial charge in [0.15, 0.2) is 11.1 Å². The lowest BCUT2D eigenvalue weighted by Gasteiger charge is -2.42. The molecule has 0 bridgehead atoms. The van der Waals surface area contributed by atoms with Crippen molar-refractivity contribution < 1.29 is 23.1 Å². The van der Waals surface area contributed by atoms with E-state index in [0.717, 1.165) is 0 Å². The molecule has 0 saturated carbocycles. The van der Waals surface area contributed by atoms with Crippen LogP contribution < -0.4 is 10.9 Å². The zero-order chi connectivity index (χ0) is 14.6. The van der Waals surface area contributed by atoms with Gasteiger partial charge in [0.2, 0.25) is 5.91 Å². The highest BCUT2D eigenvalue weighted by Gasteiger charge is 2.42. The molecule has 110 valence electrons. The molecule has 0 aliphatic carbocycles. The fourth-order valence-corrected chi connectivity index (χ4v) is 2.13. The van der Waals surface area contributed by atoms with Gasteiger partial charge in [-0.05, 0) is 13.8 Å². The molecule has 1 aliphatic rings. The summed E-state index contributed by atoms with van der Waals surface area (Å²) in [5, 5.41) is 0. The zero-order valence-corrected chi connectivity index (χ0v) is 12.0. The number of nitrogens with one attached hydrogen (secondary N) is 2. The molecule has 0 spiro atoms. The molecule has 19 heavy (non-hydrogen) atoms. The Morgan fingerprint density at radius 3 is 2.74 bits per heavy atom. The number of carbonyl (C=O) groups is 2. The molecular weight excluding hydrogens is 274 g/mol. The number of nitrogens with zero attached hydrogens (tertiary/aromatic N) is 1. The Hall–Kier alpha value is -1.19. The van der Waals surface area contributed by atoms with E-state index in [4.69, 9.17) is 4.74 Å². The van der Waals surface area contributed by atoms with Crippen LogP contribution in [0.15, 0.2) is 0 Å². The Morgan fingerprint density at radius 1 is 1.68 bits per heavy atom. The quantitative estimate of drug-likeness (QED) is 0.344. The van der Waals surface area contributed by atoms with Gasteiger partial charge >= 0.3 is 6.09 Å². The molecular formula is C10H19N3O5S. The van der Waals surface area contributed by atoms with Gasteiger partial charge in [-0.15, -0.1) is 0 Å². The second-order valence-electron chi connectivity index (χ2n) is 4.72. The molecule has 1 heterocycles. The molecule has 1 fully saturated rings. The molecule has 3 atom stereocenters. The molecule has 1 aliphatic heterocycles. The second kappa shape index (κ2) is 6.31. The Balaban J connectivity index is 2.61. The molecule has 8 nitrogen and oxygen atoms in total. The highest BCUT2D eigenvalue weighted by molar-refractivity contribution is 7.80. The van der Waals surface area contributed by atoms with Crippen molar-refractivity contribution in [1.29, 1.82) is 0 Å². The summed E-state index contributed by atoms with van der Waals surface area (Å²) in [5.41, 5.74) is 4.57. The Labute approximate surface area is 114 Å². The average Bonchev–Trinajstić information content (AvgIpc) is 2.34. The molecule has 0 aromatic rings. The van der Waals surface area contributed by atoms with Gasteiger partial charge in [-0.1, -0.05) is 0 Å². The molecule has 0 radical (unpaired) electrons. The lowest BCUT2D eigenvalue weighted by molar-refractivity contribution is -0.145. The molecule has 1 rings (SSSR count). The molecule has 0 aromatic heterocycles. The van der Waals surface area contributed by atoms with Crippen LogP contribution in [0, 0.1) is 0 Å². The first-order valence-electron chi connectivity index (χ1n) is 5.80. The van der Waals surface area contributed by atoms with Gasteiger partial charge in [0.1, 0.15) is 11.4 Å². The first-order valence-corrected chi connectivity index (χ1v) is 6.91. The average molecular weight is 293 g/mol. The summed E-state index contributed by atoms with van der Waals surface area (Å²) in [5.74, 6) is -0.0659. The van der Waals surface area contributed by atoms with E-state index < -0.39 is 21.9 Å². The van der Waals surface area contributed by atoms with E-state index in [1.54, 1.807) is 0 Å². The van der Waals surface area contributed by atoms with Crippen LogP contribution in [0.3, 0.4) is 0 Å². The van der Waals surface area contributed by atoms with E-state index >= 15 is 0 Å². The molecule has 1 saturated heterocycles. The fraction of sp³-hybridized carbons (Fsp3) is 0.800. The van der Waals surface area contributed by atoms with Gasteiger partial charge in [0.25, 0.3) is 0 Å². The summed E-state index contributed by atoms with van der Waals surface area (Å²) in [7, 11) is 1.49. The van der Waals surface area contributed by atoms with Crippen molar-refractivity contribution in [2.75, 3.05) is 20.2 Å². The number of hydrogen-bond donors (Lipinski definition) is 3. The van der Waals surface area contributed by atoms with Crippen molar-refractivity contribution in [2.24, 2.45) is 0 Å². The summed E-state index contributed by atoms with van der Waals surface area (Å²) in [4.78, 5) is 24.1. The van der Waals surface area contributed by atoms with E-state index in [9.17, 15) is 18.4 Å². The maximum atomic E-state index is 11.4. The first-order chi connectivity index (χ1) is 8.80. The van der Waals surface area contributed by atoms with Gasteiger partial charge < -0.3 is 14.2 Å².